The Labute approximate surface area is 96.6 Å². The van der Waals surface area contributed by atoms with Crippen molar-refractivity contribution in [3.63, 3.8) is 0 Å². The minimum atomic E-state index is -0.558. The molecule has 1 aliphatic heterocycles. The SMILES string of the molecule is Cc1ccc2c(c1)C(O)C=C(C(C)(C)C)O2. The molecule has 1 atom stereocenters. The van der Waals surface area contributed by atoms with Gasteiger partial charge >= 0.3 is 0 Å². The Morgan fingerprint density at radius 2 is 1.94 bits per heavy atom. The average Bonchev–Trinajstić information content (AvgIpc) is 2.17. The molecule has 0 amide bonds. The van der Waals surface area contributed by atoms with Gasteiger partial charge in [-0.3, -0.25) is 0 Å². The molecule has 1 aromatic rings. The number of aliphatic hydroxyl groups excluding tert-OH is 1. The monoisotopic (exact) mass is 218 g/mol. The van der Waals surface area contributed by atoms with Crippen molar-refractivity contribution in [1.29, 1.82) is 0 Å². The van der Waals surface area contributed by atoms with Gasteiger partial charge in [-0.15, -0.1) is 0 Å². The number of fused-ring (bicyclic) bond motifs is 1. The summed E-state index contributed by atoms with van der Waals surface area (Å²) in [6.07, 6.45) is 1.24. The minimum absolute atomic E-state index is 0.0798. The maximum Gasteiger partial charge on any atom is 0.133 e. The lowest BCUT2D eigenvalue weighted by Gasteiger charge is -2.29. The molecular formula is C14H18O2. The van der Waals surface area contributed by atoms with Gasteiger partial charge in [0.15, 0.2) is 0 Å². The van der Waals surface area contributed by atoms with E-state index in [1.165, 1.54) is 0 Å². The normalized spacial score (nSPS) is 19.8. The second-order valence-corrected chi connectivity index (χ2v) is 5.37. The third-order valence-corrected chi connectivity index (χ3v) is 2.75. The lowest BCUT2D eigenvalue weighted by molar-refractivity contribution is 0.188. The molecule has 2 rings (SSSR count). The zero-order valence-electron chi connectivity index (χ0n) is 10.2. The molecule has 1 aliphatic rings. The fourth-order valence-corrected chi connectivity index (χ4v) is 1.78. The van der Waals surface area contributed by atoms with E-state index in [2.05, 4.69) is 20.8 Å². The van der Waals surface area contributed by atoms with Crippen molar-refractivity contribution in [2.75, 3.05) is 0 Å². The Kier molecular flexibility index (Phi) is 2.55. The van der Waals surface area contributed by atoms with Gasteiger partial charge in [-0.05, 0) is 25.1 Å². The third kappa shape index (κ3) is 1.98. The van der Waals surface area contributed by atoms with Crippen LogP contribution in [0, 0.1) is 12.3 Å². The maximum absolute atomic E-state index is 10.1. The molecule has 0 saturated carbocycles. The maximum atomic E-state index is 10.1. The first-order valence-electron chi connectivity index (χ1n) is 5.57. The Bertz CT molecular complexity index is 439. The van der Waals surface area contributed by atoms with Crippen LogP contribution in [-0.2, 0) is 0 Å². The standard InChI is InChI=1S/C14H18O2/c1-9-5-6-12-10(7-9)11(15)8-13(16-12)14(2,3)4/h5-8,11,15H,1-4H3. The first kappa shape index (κ1) is 11.2. The number of allylic oxidation sites excluding steroid dienone is 1. The van der Waals surface area contributed by atoms with Crippen LogP contribution in [0.15, 0.2) is 30.0 Å². The van der Waals surface area contributed by atoms with Crippen LogP contribution in [0.5, 0.6) is 5.75 Å². The highest BCUT2D eigenvalue weighted by Crippen LogP contribution is 2.39. The fourth-order valence-electron chi connectivity index (χ4n) is 1.78. The highest BCUT2D eigenvalue weighted by atomic mass is 16.5. The van der Waals surface area contributed by atoms with Crippen molar-refractivity contribution >= 4 is 0 Å². The van der Waals surface area contributed by atoms with E-state index < -0.39 is 6.10 Å². The van der Waals surface area contributed by atoms with E-state index in [-0.39, 0.29) is 5.41 Å². The Hall–Kier alpha value is -1.28. The molecule has 0 fully saturated rings. The second kappa shape index (κ2) is 3.63. The molecule has 0 aromatic heterocycles. The van der Waals surface area contributed by atoms with Crippen molar-refractivity contribution < 1.29 is 9.84 Å². The third-order valence-electron chi connectivity index (χ3n) is 2.75. The molecule has 1 heterocycles. The Morgan fingerprint density at radius 3 is 2.56 bits per heavy atom. The number of ether oxygens (including phenoxy) is 1. The van der Waals surface area contributed by atoms with Crippen LogP contribution < -0.4 is 4.74 Å². The molecule has 1 N–H and O–H groups in total. The summed E-state index contributed by atoms with van der Waals surface area (Å²) in [5.74, 6) is 1.60. The molecule has 1 aromatic carbocycles. The highest BCUT2D eigenvalue weighted by Gasteiger charge is 2.27. The number of hydrogen-bond acceptors (Lipinski definition) is 2. The number of aliphatic hydroxyl groups is 1. The van der Waals surface area contributed by atoms with E-state index in [1.54, 1.807) is 6.08 Å². The molecule has 86 valence electrons. The second-order valence-electron chi connectivity index (χ2n) is 5.37. The van der Waals surface area contributed by atoms with Crippen molar-refractivity contribution in [1.82, 2.24) is 0 Å². The van der Waals surface area contributed by atoms with E-state index in [1.807, 2.05) is 25.1 Å². The van der Waals surface area contributed by atoms with Crippen molar-refractivity contribution in [2.24, 2.45) is 5.41 Å². The molecule has 0 spiro atoms. The van der Waals surface area contributed by atoms with Crippen LogP contribution >= 0.6 is 0 Å². The quantitative estimate of drug-likeness (QED) is 0.723. The van der Waals surface area contributed by atoms with Crippen LogP contribution in [0.1, 0.15) is 38.0 Å². The smallest absolute Gasteiger partial charge is 0.133 e. The van der Waals surface area contributed by atoms with Gasteiger partial charge < -0.3 is 9.84 Å². The predicted molar refractivity (Wildman–Crippen MR) is 64.3 cm³/mol. The average molecular weight is 218 g/mol. The van der Waals surface area contributed by atoms with Crippen LogP contribution in [0.3, 0.4) is 0 Å². The van der Waals surface area contributed by atoms with E-state index in [9.17, 15) is 5.11 Å². The Balaban J connectivity index is 2.42. The summed E-state index contributed by atoms with van der Waals surface area (Å²) in [5.41, 5.74) is 1.91. The summed E-state index contributed by atoms with van der Waals surface area (Å²) in [5, 5.41) is 10.1. The topological polar surface area (TPSA) is 29.5 Å². The van der Waals surface area contributed by atoms with E-state index in [4.69, 9.17) is 4.74 Å². The number of aryl methyl sites for hydroxylation is 1. The van der Waals surface area contributed by atoms with E-state index >= 15 is 0 Å². The van der Waals surface area contributed by atoms with Gasteiger partial charge in [0, 0.05) is 11.0 Å². The lowest BCUT2D eigenvalue weighted by Crippen LogP contribution is -2.20. The molecule has 16 heavy (non-hydrogen) atoms. The van der Waals surface area contributed by atoms with Gasteiger partial charge in [-0.25, -0.2) is 0 Å². The largest absolute Gasteiger partial charge is 0.461 e. The van der Waals surface area contributed by atoms with Crippen LogP contribution in [0.2, 0.25) is 0 Å². The van der Waals surface area contributed by atoms with E-state index in [0.717, 1.165) is 22.6 Å². The zero-order chi connectivity index (χ0) is 11.9. The highest BCUT2D eigenvalue weighted by molar-refractivity contribution is 5.44. The molecule has 0 radical (unpaired) electrons. The first-order chi connectivity index (χ1) is 7.38. The van der Waals surface area contributed by atoms with Gasteiger partial charge in [0.1, 0.15) is 17.6 Å². The van der Waals surface area contributed by atoms with Gasteiger partial charge in [-0.1, -0.05) is 32.4 Å². The number of rotatable bonds is 0. The molecule has 0 saturated heterocycles. The molecule has 0 aliphatic carbocycles. The minimum Gasteiger partial charge on any atom is -0.461 e. The van der Waals surface area contributed by atoms with Crippen molar-refractivity contribution in [2.45, 2.75) is 33.8 Å². The summed E-state index contributed by atoms with van der Waals surface area (Å²) in [7, 11) is 0. The molecule has 0 bridgehead atoms. The van der Waals surface area contributed by atoms with Gasteiger partial charge in [0.2, 0.25) is 0 Å². The van der Waals surface area contributed by atoms with Crippen LogP contribution in [-0.4, -0.2) is 5.11 Å². The summed E-state index contributed by atoms with van der Waals surface area (Å²) < 4.78 is 5.82. The number of hydrogen-bond donors (Lipinski definition) is 1. The molecule has 1 unspecified atom stereocenters. The van der Waals surface area contributed by atoms with Gasteiger partial charge in [0.05, 0.1) is 0 Å². The molecular weight excluding hydrogens is 200 g/mol. The van der Waals surface area contributed by atoms with Gasteiger partial charge in [0.25, 0.3) is 0 Å². The first-order valence-corrected chi connectivity index (χ1v) is 5.57. The molecule has 2 nitrogen and oxygen atoms in total. The molecule has 2 heteroatoms. The summed E-state index contributed by atoms with van der Waals surface area (Å²) >= 11 is 0. The summed E-state index contributed by atoms with van der Waals surface area (Å²) in [6, 6.07) is 5.89. The Morgan fingerprint density at radius 1 is 1.25 bits per heavy atom. The summed E-state index contributed by atoms with van der Waals surface area (Å²) in [6.45, 7) is 8.23. The lowest BCUT2D eigenvalue weighted by atomic mass is 9.90. The summed E-state index contributed by atoms with van der Waals surface area (Å²) in [4.78, 5) is 0. The van der Waals surface area contributed by atoms with Gasteiger partial charge in [-0.2, -0.15) is 0 Å². The fraction of sp³-hybridized carbons (Fsp3) is 0.429. The predicted octanol–water partition coefficient (Wildman–Crippen LogP) is 3.35. The van der Waals surface area contributed by atoms with Crippen molar-refractivity contribution in [3.8, 4) is 5.75 Å². The van der Waals surface area contributed by atoms with Crippen molar-refractivity contribution in [3.05, 3.63) is 41.2 Å². The van der Waals surface area contributed by atoms with Crippen LogP contribution in [0.25, 0.3) is 0 Å². The van der Waals surface area contributed by atoms with Crippen LogP contribution in [0.4, 0.5) is 0 Å². The zero-order valence-corrected chi connectivity index (χ0v) is 10.2. The van der Waals surface area contributed by atoms with E-state index in [0.29, 0.717) is 0 Å². The number of benzene rings is 1.